The third-order valence-electron chi connectivity index (χ3n) is 4.19. The summed E-state index contributed by atoms with van der Waals surface area (Å²) in [7, 11) is 3.70. The van der Waals surface area contributed by atoms with Crippen LogP contribution in [0.1, 0.15) is 0 Å². The van der Waals surface area contributed by atoms with Crippen LogP contribution in [-0.2, 0) is 0 Å². The third kappa shape index (κ3) is 2.16. The number of aromatic amines is 2. The number of hydrogen-bond acceptors (Lipinski definition) is 4. The summed E-state index contributed by atoms with van der Waals surface area (Å²) in [5, 5.41) is 2.78. The number of nitrogens with zero attached hydrogens (tertiary/aromatic N) is 2. The molecule has 3 N–H and O–H groups in total. The van der Waals surface area contributed by atoms with Gasteiger partial charge in [0.1, 0.15) is 11.4 Å². The summed E-state index contributed by atoms with van der Waals surface area (Å²) in [5.41, 5.74) is 6.73. The van der Waals surface area contributed by atoms with E-state index in [2.05, 4.69) is 20.4 Å². The minimum Gasteiger partial charge on any atom is -0.338 e. The van der Waals surface area contributed by atoms with Crippen molar-refractivity contribution in [2.24, 2.45) is 0 Å². The van der Waals surface area contributed by atoms with Gasteiger partial charge in [0.05, 0.1) is 22.2 Å². The van der Waals surface area contributed by atoms with Gasteiger partial charge in [-0.3, -0.25) is 4.79 Å². The topological polar surface area (TPSA) is 76.8 Å². The number of hydrazine groups is 1. The number of nitrogens with one attached hydrogen (secondary N) is 3. The summed E-state index contributed by atoms with van der Waals surface area (Å²) >= 11 is 0. The zero-order chi connectivity index (χ0) is 16.7. The van der Waals surface area contributed by atoms with E-state index in [1.54, 1.807) is 0 Å². The van der Waals surface area contributed by atoms with E-state index >= 15 is 0 Å². The Balaban J connectivity index is 2.10. The number of fused-ring (bicyclic) bond motifs is 2. The van der Waals surface area contributed by atoms with Gasteiger partial charge in [-0.2, -0.15) is 0 Å². The van der Waals surface area contributed by atoms with Crippen LogP contribution in [0.4, 0.5) is 5.69 Å². The average Bonchev–Trinajstić information content (AvgIpc) is 3.03. The maximum Gasteiger partial charge on any atom is 0.261 e. The van der Waals surface area contributed by atoms with Crippen LogP contribution < -0.4 is 16.0 Å². The van der Waals surface area contributed by atoms with E-state index < -0.39 is 0 Å². The molecular weight excluding hydrogens is 302 g/mol. The second-order valence-corrected chi connectivity index (χ2v) is 5.61. The lowest BCUT2D eigenvalue weighted by molar-refractivity contribution is 0.794. The van der Waals surface area contributed by atoms with Crippen molar-refractivity contribution in [2.45, 2.75) is 0 Å². The van der Waals surface area contributed by atoms with Gasteiger partial charge in [0, 0.05) is 19.5 Å². The van der Waals surface area contributed by atoms with E-state index in [0.717, 1.165) is 27.6 Å². The summed E-state index contributed by atoms with van der Waals surface area (Å²) in [6.07, 6.45) is 0. The summed E-state index contributed by atoms with van der Waals surface area (Å²) in [5.74, 6) is 0.556. The van der Waals surface area contributed by atoms with Gasteiger partial charge in [-0.15, -0.1) is 0 Å². The molecule has 120 valence electrons. The largest absolute Gasteiger partial charge is 0.338 e. The van der Waals surface area contributed by atoms with Crippen molar-refractivity contribution in [3.8, 4) is 11.4 Å². The second kappa shape index (κ2) is 5.50. The fourth-order valence-corrected chi connectivity index (χ4v) is 2.98. The van der Waals surface area contributed by atoms with Gasteiger partial charge in [-0.25, -0.2) is 10.4 Å². The monoisotopic (exact) mass is 319 g/mol. The normalized spacial score (nSPS) is 11.2. The van der Waals surface area contributed by atoms with Crippen molar-refractivity contribution in [1.29, 1.82) is 0 Å². The fraction of sp³-hybridized carbons (Fsp3) is 0.111. The van der Waals surface area contributed by atoms with Gasteiger partial charge in [0.2, 0.25) is 0 Å². The standard InChI is InChI=1S/C18H17N5O/c1-19-23(2)16-11-7-3-4-8-12(11)22-18(24)15(16)17-20-13-9-5-6-10-14(13)21-17/h3-10,19H,1-2H3,(H,20,21)(H,22,24). The smallest absolute Gasteiger partial charge is 0.261 e. The molecule has 2 aromatic carbocycles. The van der Waals surface area contributed by atoms with Gasteiger partial charge in [0.25, 0.3) is 5.56 Å². The molecule has 4 aromatic rings. The molecule has 4 rings (SSSR count). The molecule has 0 saturated heterocycles. The average molecular weight is 319 g/mol. The molecular formula is C18H17N5O. The fourth-order valence-electron chi connectivity index (χ4n) is 2.98. The molecule has 0 amide bonds. The zero-order valence-corrected chi connectivity index (χ0v) is 13.4. The number of aromatic nitrogens is 3. The van der Waals surface area contributed by atoms with Crippen LogP contribution in [0, 0.1) is 0 Å². The molecule has 0 atom stereocenters. The van der Waals surface area contributed by atoms with Crippen molar-refractivity contribution >= 4 is 27.6 Å². The molecule has 6 nitrogen and oxygen atoms in total. The molecule has 6 heteroatoms. The third-order valence-corrected chi connectivity index (χ3v) is 4.19. The lowest BCUT2D eigenvalue weighted by Crippen LogP contribution is -2.32. The highest BCUT2D eigenvalue weighted by Gasteiger charge is 2.20. The Morgan fingerprint density at radius 1 is 1.00 bits per heavy atom. The molecule has 0 unspecified atom stereocenters. The van der Waals surface area contributed by atoms with Crippen molar-refractivity contribution < 1.29 is 0 Å². The van der Waals surface area contributed by atoms with E-state index in [1.165, 1.54) is 0 Å². The number of pyridine rings is 1. The molecule has 0 aliphatic rings. The molecule has 0 radical (unpaired) electrons. The van der Waals surface area contributed by atoms with Crippen LogP contribution in [0.15, 0.2) is 53.3 Å². The lowest BCUT2D eigenvalue weighted by atomic mass is 10.1. The summed E-state index contributed by atoms with van der Waals surface area (Å²) in [6.45, 7) is 0. The van der Waals surface area contributed by atoms with Crippen LogP contribution in [0.25, 0.3) is 33.3 Å². The summed E-state index contributed by atoms with van der Waals surface area (Å²) < 4.78 is 0. The number of rotatable bonds is 3. The van der Waals surface area contributed by atoms with Gasteiger partial charge in [-0.1, -0.05) is 30.3 Å². The Morgan fingerprint density at radius 3 is 2.46 bits per heavy atom. The van der Waals surface area contributed by atoms with Gasteiger partial charge in [0.15, 0.2) is 0 Å². The number of H-pyrrole nitrogens is 2. The number of benzene rings is 2. The van der Waals surface area contributed by atoms with Gasteiger partial charge < -0.3 is 15.0 Å². The number of anilines is 1. The Hall–Kier alpha value is -3.12. The van der Waals surface area contributed by atoms with Crippen molar-refractivity contribution in [3.05, 3.63) is 58.9 Å². The van der Waals surface area contributed by atoms with E-state index in [9.17, 15) is 4.79 Å². The first-order chi connectivity index (χ1) is 11.7. The Labute approximate surface area is 138 Å². The molecule has 0 spiro atoms. The van der Waals surface area contributed by atoms with E-state index in [1.807, 2.05) is 67.6 Å². The molecule has 0 bridgehead atoms. The molecule has 2 aromatic heterocycles. The summed E-state index contributed by atoms with van der Waals surface area (Å²) in [4.78, 5) is 23.6. The van der Waals surface area contributed by atoms with Gasteiger partial charge in [-0.05, 0) is 18.2 Å². The molecule has 0 aliphatic heterocycles. The minimum absolute atomic E-state index is 0.176. The maximum absolute atomic E-state index is 12.8. The first kappa shape index (κ1) is 14.5. The molecule has 0 saturated carbocycles. The number of imidazole rings is 1. The maximum atomic E-state index is 12.8. The van der Waals surface area contributed by atoms with Crippen LogP contribution in [0.2, 0.25) is 0 Å². The van der Waals surface area contributed by atoms with Crippen molar-refractivity contribution in [1.82, 2.24) is 20.4 Å². The van der Waals surface area contributed by atoms with E-state index in [0.29, 0.717) is 11.4 Å². The zero-order valence-electron chi connectivity index (χ0n) is 13.4. The summed E-state index contributed by atoms with van der Waals surface area (Å²) in [6, 6.07) is 15.5. The lowest BCUT2D eigenvalue weighted by Gasteiger charge is -2.22. The highest BCUT2D eigenvalue weighted by molar-refractivity contribution is 5.99. The van der Waals surface area contributed by atoms with Crippen LogP contribution in [0.3, 0.4) is 0 Å². The van der Waals surface area contributed by atoms with Crippen LogP contribution in [0.5, 0.6) is 0 Å². The second-order valence-electron chi connectivity index (χ2n) is 5.61. The molecule has 0 fully saturated rings. The Kier molecular flexibility index (Phi) is 3.32. The highest BCUT2D eigenvalue weighted by Crippen LogP contribution is 2.32. The number of para-hydroxylation sites is 3. The first-order valence-electron chi connectivity index (χ1n) is 7.70. The Morgan fingerprint density at radius 2 is 1.71 bits per heavy atom. The SMILES string of the molecule is CNN(C)c1c(-c2nc3ccccc3[nH]2)c(=O)[nH]c2ccccc12. The van der Waals surface area contributed by atoms with E-state index in [-0.39, 0.29) is 5.56 Å². The van der Waals surface area contributed by atoms with E-state index in [4.69, 9.17) is 0 Å². The molecule has 0 aliphatic carbocycles. The molecule has 24 heavy (non-hydrogen) atoms. The van der Waals surface area contributed by atoms with Crippen LogP contribution in [-0.4, -0.2) is 29.0 Å². The number of hydrogen-bond donors (Lipinski definition) is 3. The first-order valence-corrected chi connectivity index (χ1v) is 7.70. The Bertz CT molecular complexity index is 1060. The predicted octanol–water partition coefficient (Wildman–Crippen LogP) is 2.64. The van der Waals surface area contributed by atoms with Crippen LogP contribution >= 0.6 is 0 Å². The minimum atomic E-state index is -0.176. The van der Waals surface area contributed by atoms with Gasteiger partial charge >= 0.3 is 0 Å². The predicted molar refractivity (Wildman–Crippen MR) is 97.1 cm³/mol. The quantitative estimate of drug-likeness (QED) is 0.507. The molecule has 2 heterocycles. The highest BCUT2D eigenvalue weighted by atomic mass is 16.1. The van der Waals surface area contributed by atoms with Crippen molar-refractivity contribution in [3.63, 3.8) is 0 Å². The van der Waals surface area contributed by atoms with Crippen molar-refractivity contribution in [2.75, 3.05) is 19.1 Å².